The molecule has 0 N–H and O–H groups in total. The van der Waals surface area contributed by atoms with Gasteiger partial charge in [0.1, 0.15) is 0 Å². The molecule has 4 nitrogen and oxygen atoms in total. The average Bonchev–Trinajstić information content (AvgIpc) is 1.86. The van der Waals surface area contributed by atoms with E-state index in [2.05, 4.69) is 0 Å². The molecule has 0 bridgehead atoms. The number of carbonyl (C=O) groups excluding carboxylic acids is 3. The molecule has 66 valence electrons. The van der Waals surface area contributed by atoms with Gasteiger partial charge in [-0.3, -0.25) is 0 Å². The first-order valence-electron chi connectivity index (χ1n) is 3.27. The van der Waals surface area contributed by atoms with E-state index < -0.39 is 37.7 Å². The molecular formula is C7H9O4V. The predicted molar refractivity (Wildman–Crippen MR) is 35.4 cm³/mol. The Kier molecular flexibility index (Phi) is 3.68. The van der Waals surface area contributed by atoms with E-state index in [4.69, 9.17) is 0 Å². The van der Waals surface area contributed by atoms with E-state index in [1.54, 1.807) is 0 Å². The Morgan fingerprint density at radius 1 is 0.917 bits per heavy atom. The van der Waals surface area contributed by atoms with Gasteiger partial charge in [-0.05, 0) is 0 Å². The standard InChI is InChI=1S/C7H9O3.O.V/c1-4(8)7(5(2)9)6(3)10;;/h1-3H3;;. The topological polar surface area (TPSA) is 68.3 Å². The summed E-state index contributed by atoms with van der Waals surface area (Å²) in [5, 5.41) is 0. The number of Topliss-reactive ketones (excluding diaryl/α,β-unsaturated/α-hetero) is 3. The van der Waals surface area contributed by atoms with Crippen LogP contribution in [0.15, 0.2) is 0 Å². The number of hydrogen-bond donors (Lipinski definition) is 0. The van der Waals surface area contributed by atoms with Gasteiger partial charge in [-0.25, -0.2) is 0 Å². The summed E-state index contributed by atoms with van der Waals surface area (Å²) in [6.07, 6.45) is 0. The van der Waals surface area contributed by atoms with Crippen LogP contribution in [0.3, 0.4) is 0 Å². The van der Waals surface area contributed by atoms with Gasteiger partial charge in [0.2, 0.25) is 0 Å². The van der Waals surface area contributed by atoms with Crippen molar-refractivity contribution in [3.63, 3.8) is 0 Å². The normalized spacial score (nSPS) is 10.6. The van der Waals surface area contributed by atoms with Gasteiger partial charge < -0.3 is 0 Å². The summed E-state index contributed by atoms with van der Waals surface area (Å²) in [6.45, 7) is 3.32. The van der Waals surface area contributed by atoms with E-state index in [1.807, 2.05) is 0 Å². The van der Waals surface area contributed by atoms with Gasteiger partial charge in [0.25, 0.3) is 0 Å². The molecule has 0 unspecified atom stereocenters. The molecule has 0 saturated carbocycles. The van der Waals surface area contributed by atoms with Gasteiger partial charge in [-0.2, -0.15) is 0 Å². The molecule has 0 aliphatic heterocycles. The van der Waals surface area contributed by atoms with Gasteiger partial charge in [-0.1, -0.05) is 0 Å². The summed E-state index contributed by atoms with van der Waals surface area (Å²) < 4.78 is 8.87. The van der Waals surface area contributed by atoms with Gasteiger partial charge in [0.05, 0.1) is 0 Å². The maximum atomic E-state index is 11.0. The molecule has 0 aliphatic carbocycles. The quantitative estimate of drug-likeness (QED) is 0.624. The molecule has 0 saturated heterocycles. The van der Waals surface area contributed by atoms with Crippen LogP contribution in [0.4, 0.5) is 0 Å². The van der Waals surface area contributed by atoms with Gasteiger partial charge in [0.15, 0.2) is 0 Å². The third-order valence-electron chi connectivity index (χ3n) is 1.67. The van der Waals surface area contributed by atoms with Gasteiger partial charge >= 0.3 is 76.5 Å². The Morgan fingerprint density at radius 2 is 1.17 bits per heavy atom. The Balaban J connectivity index is 5.33. The molecule has 0 aromatic rings. The molecule has 0 atom stereocenters. The zero-order chi connectivity index (χ0) is 9.94. The molecule has 0 aromatic carbocycles. The summed E-state index contributed by atoms with van der Waals surface area (Å²) in [7, 11) is 0. The van der Waals surface area contributed by atoms with Crippen LogP contribution in [0, 0.1) is 0 Å². The Labute approximate surface area is 77.0 Å². The third-order valence-corrected chi connectivity index (χ3v) is 3.57. The summed E-state index contributed by atoms with van der Waals surface area (Å²) in [5.74, 6) is -1.88. The number of hydrogen-bond acceptors (Lipinski definition) is 4. The minimum atomic E-state index is -1.84. The van der Waals surface area contributed by atoms with Crippen LogP contribution >= 0.6 is 0 Å². The Morgan fingerprint density at radius 3 is 1.17 bits per heavy atom. The van der Waals surface area contributed by atoms with E-state index in [-0.39, 0.29) is 0 Å². The fourth-order valence-electron chi connectivity index (χ4n) is 0.937. The van der Waals surface area contributed by atoms with Crippen molar-refractivity contribution in [2.45, 2.75) is 24.9 Å². The monoisotopic (exact) mass is 208 g/mol. The molecule has 0 aliphatic rings. The SMILES string of the molecule is CC(=O)[C]([V]=[O])(C(C)=O)C(C)=O. The van der Waals surface area contributed by atoms with E-state index in [0.29, 0.717) is 0 Å². The first-order valence-corrected chi connectivity index (χ1v) is 4.54. The van der Waals surface area contributed by atoms with Crippen LogP contribution in [0.2, 0.25) is 4.13 Å². The fraction of sp³-hybridized carbons (Fsp3) is 0.571. The fourth-order valence-corrected chi connectivity index (χ4v) is 1.54. The number of ketones is 3. The molecule has 5 heteroatoms. The van der Waals surface area contributed by atoms with Crippen molar-refractivity contribution < 1.29 is 34.3 Å². The van der Waals surface area contributed by atoms with E-state index >= 15 is 0 Å². The van der Waals surface area contributed by atoms with Crippen molar-refractivity contribution >= 4 is 17.3 Å². The van der Waals surface area contributed by atoms with Gasteiger partial charge in [-0.15, -0.1) is 0 Å². The average molecular weight is 208 g/mol. The molecule has 0 amide bonds. The first kappa shape index (κ1) is 11.4. The molecule has 0 fully saturated rings. The van der Waals surface area contributed by atoms with Crippen LogP contribution < -0.4 is 0 Å². The zero-order valence-corrected chi connectivity index (χ0v) is 8.48. The van der Waals surface area contributed by atoms with Crippen molar-refractivity contribution in [1.82, 2.24) is 0 Å². The third kappa shape index (κ3) is 1.59. The van der Waals surface area contributed by atoms with Crippen LogP contribution in [0.25, 0.3) is 0 Å². The zero-order valence-electron chi connectivity index (χ0n) is 7.08. The van der Waals surface area contributed by atoms with Crippen LogP contribution in [0.5, 0.6) is 0 Å². The number of rotatable bonds is 4. The molecule has 12 heavy (non-hydrogen) atoms. The molecule has 0 radical (unpaired) electrons. The molecule has 0 rings (SSSR count). The second-order valence-corrected chi connectivity index (χ2v) is 3.80. The number of carbonyl (C=O) groups is 3. The summed E-state index contributed by atoms with van der Waals surface area (Å²) in [4.78, 5) is 32.9. The summed E-state index contributed by atoms with van der Waals surface area (Å²) >= 11 is -1.82. The summed E-state index contributed by atoms with van der Waals surface area (Å²) in [6, 6.07) is 0. The van der Waals surface area contributed by atoms with Crippen molar-refractivity contribution in [2.24, 2.45) is 0 Å². The summed E-state index contributed by atoms with van der Waals surface area (Å²) in [5.41, 5.74) is 0. The van der Waals surface area contributed by atoms with E-state index in [0.717, 1.165) is 20.8 Å². The molecular weight excluding hydrogens is 199 g/mol. The molecule has 0 heterocycles. The maximum absolute atomic E-state index is 11.0. The predicted octanol–water partition coefficient (Wildman–Crippen LogP) is 0.340. The van der Waals surface area contributed by atoms with E-state index in [1.165, 1.54) is 0 Å². The van der Waals surface area contributed by atoms with Crippen molar-refractivity contribution in [3.05, 3.63) is 0 Å². The molecule has 0 aromatic heterocycles. The minimum absolute atomic E-state index is 0.627. The Bertz CT molecular complexity index is 220. The van der Waals surface area contributed by atoms with E-state index in [9.17, 15) is 18.1 Å². The van der Waals surface area contributed by atoms with Crippen molar-refractivity contribution in [1.29, 1.82) is 0 Å². The molecule has 0 spiro atoms. The van der Waals surface area contributed by atoms with Crippen LogP contribution in [-0.4, -0.2) is 17.3 Å². The van der Waals surface area contributed by atoms with Crippen LogP contribution in [0.1, 0.15) is 20.8 Å². The second kappa shape index (κ2) is 3.87. The first-order chi connectivity index (χ1) is 5.39. The second-order valence-electron chi connectivity index (χ2n) is 2.47. The van der Waals surface area contributed by atoms with Crippen molar-refractivity contribution in [2.75, 3.05) is 0 Å². The van der Waals surface area contributed by atoms with Crippen molar-refractivity contribution in [3.8, 4) is 0 Å². The Hall–Kier alpha value is -0.606. The van der Waals surface area contributed by atoms with Crippen LogP contribution in [-0.2, 0) is 34.3 Å². The van der Waals surface area contributed by atoms with Gasteiger partial charge in [0, 0.05) is 0 Å².